The number of amides is 1. The van der Waals surface area contributed by atoms with Crippen LogP contribution in [0.3, 0.4) is 0 Å². The van der Waals surface area contributed by atoms with Gasteiger partial charge in [0.15, 0.2) is 0 Å². The molecule has 0 aromatic rings. The van der Waals surface area contributed by atoms with Crippen LogP contribution in [0.15, 0.2) is 0 Å². The molecule has 88 valence electrons. The summed E-state index contributed by atoms with van der Waals surface area (Å²) in [5, 5.41) is 6.36. The maximum atomic E-state index is 11.8. The fourth-order valence-corrected chi connectivity index (χ4v) is 1.85. The van der Waals surface area contributed by atoms with E-state index < -0.39 is 0 Å². The molecule has 3 unspecified atom stereocenters. The predicted octanol–water partition coefficient (Wildman–Crippen LogP) is 1.39. The van der Waals surface area contributed by atoms with Gasteiger partial charge in [-0.1, -0.05) is 20.8 Å². The van der Waals surface area contributed by atoms with Crippen molar-refractivity contribution in [3.63, 3.8) is 0 Å². The van der Waals surface area contributed by atoms with Gasteiger partial charge in [0.25, 0.3) is 0 Å². The van der Waals surface area contributed by atoms with Crippen molar-refractivity contribution in [2.24, 2.45) is 17.8 Å². The number of hydrogen-bond acceptors (Lipinski definition) is 2. The first kappa shape index (κ1) is 12.5. The van der Waals surface area contributed by atoms with E-state index in [2.05, 4.69) is 38.3 Å². The van der Waals surface area contributed by atoms with E-state index in [-0.39, 0.29) is 11.8 Å². The van der Waals surface area contributed by atoms with Gasteiger partial charge in [0.2, 0.25) is 5.91 Å². The highest BCUT2D eigenvalue weighted by atomic mass is 16.1. The molecule has 0 radical (unpaired) electrons. The van der Waals surface area contributed by atoms with Crippen molar-refractivity contribution >= 4 is 5.91 Å². The number of carbonyl (C=O) groups is 1. The highest BCUT2D eigenvalue weighted by Gasteiger charge is 2.29. The smallest absolute Gasteiger partial charge is 0.224 e. The average Bonchev–Trinajstić information content (AvgIpc) is 2.60. The first-order valence-corrected chi connectivity index (χ1v) is 6.03. The predicted molar refractivity (Wildman–Crippen MR) is 62.6 cm³/mol. The zero-order chi connectivity index (χ0) is 11.4. The molecule has 15 heavy (non-hydrogen) atoms. The molecular weight excluding hydrogens is 188 g/mol. The van der Waals surface area contributed by atoms with Gasteiger partial charge in [-0.3, -0.25) is 4.79 Å². The van der Waals surface area contributed by atoms with E-state index in [1.54, 1.807) is 0 Å². The molecule has 0 bridgehead atoms. The lowest BCUT2D eigenvalue weighted by Crippen LogP contribution is -2.39. The third kappa shape index (κ3) is 3.49. The molecule has 1 aliphatic rings. The van der Waals surface area contributed by atoms with E-state index in [4.69, 9.17) is 0 Å². The van der Waals surface area contributed by atoms with Crippen molar-refractivity contribution in [1.82, 2.24) is 10.6 Å². The van der Waals surface area contributed by atoms with E-state index >= 15 is 0 Å². The summed E-state index contributed by atoms with van der Waals surface area (Å²) >= 11 is 0. The van der Waals surface area contributed by atoms with Crippen molar-refractivity contribution in [1.29, 1.82) is 0 Å². The molecular formula is C12H24N2O. The lowest BCUT2D eigenvalue weighted by atomic mass is 9.97. The minimum absolute atomic E-state index is 0.171. The second kappa shape index (κ2) is 5.50. The molecule has 1 saturated heterocycles. The Kier molecular flexibility index (Phi) is 4.58. The lowest BCUT2D eigenvalue weighted by Gasteiger charge is -2.19. The zero-order valence-electron chi connectivity index (χ0n) is 10.3. The molecule has 1 aliphatic heterocycles. The van der Waals surface area contributed by atoms with Crippen molar-refractivity contribution < 1.29 is 4.79 Å². The van der Waals surface area contributed by atoms with E-state index in [9.17, 15) is 4.79 Å². The fraction of sp³-hybridized carbons (Fsp3) is 0.917. The summed E-state index contributed by atoms with van der Waals surface area (Å²) in [4.78, 5) is 11.8. The Bertz CT molecular complexity index is 216. The Morgan fingerprint density at radius 1 is 1.47 bits per heavy atom. The Labute approximate surface area is 93.0 Å². The van der Waals surface area contributed by atoms with Crippen LogP contribution in [0.1, 0.15) is 34.1 Å². The number of rotatable bonds is 4. The van der Waals surface area contributed by atoms with Crippen molar-refractivity contribution in [3.8, 4) is 0 Å². The first-order chi connectivity index (χ1) is 7.02. The summed E-state index contributed by atoms with van der Waals surface area (Å²) in [6.07, 6.45) is 0.975. The topological polar surface area (TPSA) is 41.1 Å². The molecule has 0 spiro atoms. The van der Waals surface area contributed by atoms with Gasteiger partial charge in [0.05, 0.1) is 5.92 Å². The van der Waals surface area contributed by atoms with Crippen molar-refractivity contribution in [2.75, 3.05) is 13.1 Å². The summed E-state index contributed by atoms with van der Waals surface area (Å²) in [5.41, 5.74) is 0. The molecule has 0 aliphatic carbocycles. The molecule has 1 rings (SSSR count). The van der Waals surface area contributed by atoms with E-state index in [1.165, 1.54) is 0 Å². The Hall–Kier alpha value is -0.570. The maximum absolute atomic E-state index is 11.8. The molecule has 3 atom stereocenters. The van der Waals surface area contributed by atoms with Gasteiger partial charge in [0.1, 0.15) is 0 Å². The molecule has 1 amide bonds. The monoisotopic (exact) mass is 212 g/mol. The molecule has 0 aromatic heterocycles. The number of hydrogen-bond donors (Lipinski definition) is 2. The number of carbonyl (C=O) groups excluding carboxylic acids is 1. The molecule has 2 N–H and O–H groups in total. The van der Waals surface area contributed by atoms with Gasteiger partial charge in [0, 0.05) is 12.6 Å². The van der Waals surface area contributed by atoms with Gasteiger partial charge in [-0.2, -0.15) is 0 Å². The highest BCUT2D eigenvalue weighted by molar-refractivity contribution is 5.79. The Balaban J connectivity index is 2.29. The standard InChI is InChI=1S/C12H24N2O/c1-8(2)9(3)7-14-12(15)11-5-6-13-10(11)4/h8-11,13H,5-7H2,1-4H3,(H,14,15). The average molecular weight is 212 g/mol. The highest BCUT2D eigenvalue weighted by Crippen LogP contribution is 2.15. The van der Waals surface area contributed by atoms with Crippen LogP contribution in [-0.4, -0.2) is 25.0 Å². The van der Waals surface area contributed by atoms with E-state index in [1.807, 2.05) is 0 Å². The summed E-state index contributed by atoms with van der Waals surface area (Å²) in [7, 11) is 0. The molecule has 1 heterocycles. The largest absolute Gasteiger partial charge is 0.356 e. The molecule has 0 saturated carbocycles. The zero-order valence-corrected chi connectivity index (χ0v) is 10.3. The fourth-order valence-electron chi connectivity index (χ4n) is 1.85. The van der Waals surface area contributed by atoms with Crippen molar-refractivity contribution in [2.45, 2.75) is 40.2 Å². The number of nitrogens with one attached hydrogen (secondary N) is 2. The van der Waals surface area contributed by atoms with E-state index in [0.717, 1.165) is 19.5 Å². The van der Waals surface area contributed by atoms with Crippen LogP contribution in [0.4, 0.5) is 0 Å². The lowest BCUT2D eigenvalue weighted by molar-refractivity contribution is -0.125. The van der Waals surface area contributed by atoms with Gasteiger partial charge in [-0.15, -0.1) is 0 Å². The van der Waals surface area contributed by atoms with Crippen LogP contribution < -0.4 is 10.6 Å². The molecule has 3 heteroatoms. The van der Waals surface area contributed by atoms with Gasteiger partial charge >= 0.3 is 0 Å². The second-order valence-corrected chi connectivity index (χ2v) is 5.10. The Morgan fingerprint density at radius 3 is 2.60 bits per heavy atom. The Morgan fingerprint density at radius 2 is 2.13 bits per heavy atom. The summed E-state index contributed by atoms with van der Waals surface area (Å²) in [6.45, 7) is 10.4. The summed E-state index contributed by atoms with van der Waals surface area (Å²) in [6, 6.07) is 0.333. The molecule has 0 aromatic carbocycles. The van der Waals surface area contributed by atoms with Crippen molar-refractivity contribution in [3.05, 3.63) is 0 Å². The van der Waals surface area contributed by atoms with Gasteiger partial charge in [-0.05, 0) is 31.7 Å². The van der Waals surface area contributed by atoms with Crippen LogP contribution >= 0.6 is 0 Å². The van der Waals surface area contributed by atoms with Gasteiger partial charge in [-0.25, -0.2) is 0 Å². The summed E-state index contributed by atoms with van der Waals surface area (Å²) in [5.74, 6) is 1.58. The SMILES string of the molecule is CC(C)C(C)CNC(=O)C1CCNC1C. The quantitative estimate of drug-likeness (QED) is 0.739. The van der Waals surface area contributed by atoms with Crippen LogP contribution in [-0.2, 0) is 4.79 Å². The normalized spacial score (nSPS) is 28.1. The van der Waals surface area contributed by atoms with Crippen LogP contribution in [0.25, 0.3) is 0 Å². The van der Waals surface area contributed by atoms with E-state index in [0.29, 0.717) is 17.9 Å². The molecule has 3 nitrogen and oxygen atoms in total. The minimum atomic E-state index is 0.171. The van der Waals surface area contributed by atoms with Gasteiger partial charge < -0.3 is 10.6 Å². The maximum Gasteiger partial charge on any atom is 0.224 e. The minimum Gasteiger partial charge on any atom is -0.356 e. The summed E-state index contributed by atoms with van der Waals surface area (Å²) < 4.78 is 0. The van der Waals surface area contributed by atoms with Crippen LogP contribution in [0.2, 0.25) is 0 Å². The third-order valence-corrected chi connectivity index (χ3v) is 3.60. The molecule has 1 fully saturated rings. The first-order valence-electron chi connectivity index (χ1n) is 6.03. The van der Waals surface area contributed by atoms with Crippen LogP contribution in [0, 0.1) is 17.8 Å². The van der Waals surface area contributed by atoms with Crippen LogP contribution in [0.5, 0.6) is 0 Å². The third-order valence-electron chi connectivity index (χ3n) is 3.60. The second-order valence-electron chi connectivity index (χ2n) is 5.10.